The molecule has 0 saturated heterocycles. The zero-order valence-electron chi connectivity index (χ0n) is 39.1. The Morgan fingerprint density at radius 1 is 0.288 bits per heavy atom. The largest absolute Gasteiger partial charge is 0.310 e. The first kappa shape index (κ1) is 41.5. The van der Waals surface area contributed by atoms with Gasteiger partial charge in [0.05, 0.1) is 0 Å². The van der Waals surface area contributed by atoms with Crippen molar-refractivity contribution in [3.63, 3.8) is 0 Å². The molecule has 2 aliphatic rings. The van der Waals surface area contributed by atoms with E-state index >= 15 is 0 Å². The van der Waals surface area contributed by atoms with Crippen LogP contribution in [0.5, 0.6) is 0 Å². The summed E-state index contributed by atoms with van der Waals surface area (Å²) in [6.45, 7) is 14.6. The molecule has 0 aliphatic heterocycles. The van der Waals surface area contributed by atoms with E-state index in [1.807, 2.05) is 0 Å². The van der Waals surface area contributed by atoms with E-state index in [-0.39, 0.29) is 16.2 Å². The second kappa shape index (κ2) is 16.0. The zero-order valence-corrected chi connectivity index (χ0v) is 39.1. The van der Waals surface area contributed by atoms with Gasteiger partial charge in [-0.1, -0.05) is 211 Å². The number of benzene rings is 9. The average molecular weight is 852 g/mol. The van der Waals surface area contributed by atoms with Gasteiger partial charge in [0.1, 0.15) is 0 Å². The highest BCUT2D eigenvalue weighted by Gasteiger charge is 2.43. The lowest BCUT2D eigenvalue weighted by Crippen LogP contribution is -2.34. The molecule has 0 unspecified atom stereocenters. The summed E-state index contributed by atoms with van der Waals surface area (Å²) >= 11 is 0. The molecule has 1 nitrogen and oxygen atoms in total. The van der Waals surface area contributed by atoms with Gasteiger partial charge in [0, 0.05) is 22.5 Å². The van der Waals surface area contributed by atoms with Crippen LogP contribution in [-0.4, -0.2) is 0 Å². The molecule has 9 aromatic rings. The third-order valence-electron chi connectivity index (χ3n) is 15.0. The predicted octanol–water partition coefficient (Wildman–Crippen LogP) is 18.1. The van der Waals surface area contributed by atoms with Crippen molar-refractivity contribution < 1.29 is 0 Å². The van der Waals surface area contributed by atoms with Crippen LogP contribution in [0, 0.1) is 0 Å². The smallest absolute Gasteiger partial charge is 0.0468 e. The Hall–Kier alpha value is -7.22. The lowest BCUT2D eigenvalue weighted by atomic mass is 9.62. The predicted molar refractivity (Wildman–Crippen MR) is 281 cm³/mol. The summed E-state index contributed by atoms with van der Waals surface area (Å²) in [5.74, 6) is 0. The number of hydrogen-bond acceptors (Lipinski definition) is 1. The molecule has 322 valence electrons. The molecule has 2 aliphatic carbocycles. The molecule has 0 N–H and O–H groups in total. The molecule has 11 rings (SSSR count). The van der Waals surface area contributed by atoms with Crippen LogP contribution < -0.4 is 4.90 Å². The molecule has 0 saturated carbocycles. The second-order valence-corrected chi connectivity index (χ2v) is 20.4. The summed E-state index contributed by atoms with van der Waals surface area (Å²) < 4.78 is 0. The second-order valence-electron chi connectivity index (χ2n) is 20.4. The van der Waals surface area contributed by atoms with Crippen molar-refractivity contribution in [3.8, 4) is 66.8 Å². The van der Waals surface area contributed by atoms with E-state index in [1.165, 1.54) is 102 Å². The van der Waals surface area contributed by atoms with Crippen LogP contribution in [0.1, 0.15) is 76.6 Å². The molecule has 0 fully saturated rings. The Kier molecular flexibility index (Phi) is 10.1. The van der Waals surface area contributed by atoms with Crippen molar-refractivity contribution in [1.29, 1.82) is 0 Å². The number of hydrogen-bond donors (Lipinski definition) is 0. The maximum Gasteiger partial charge on any atom is 0.0468 e. The Bertz CT molecular complexity index is 3230. The van der Waals surface area contributed by atoms with Gasteiger partial charge in [-0.05, 0) is 155 Å². The van der Waals surface area contributed by atoms with E-state index in [1.54, 1.807) is 0 Å². The van der Waals surface area contributed by atoms with Gasteiger partial charge < -0.3 is 4.90 Å². The van der Waals surface area contributed by atoms with Gasteiger partial charge in [-0.25, -0.2) is 0 Å². The molecule has 0 radical (unpaired) electrons. The van der Waals surface area contributed by atoms with Crippen LogP contribution in [0.4, 0.5) is 17.1 Å². The van der Waals surface area contributed by atoms with Gasteiger partial charge in [-0.15, -0.1) is 0 Å². The van der Waals surface area contributed by atoms with Crippen LogP contribution >= 0.6 is 0 Å². The van der Waals surface area contributed by atoms with Crippen molar-refractivity contribution in [2.45, 2.75) is 70.6 Å². The van der Waals surface area contributed by atoms with Gasteiger partial charge in [0.25, 0.3) is 0 Å². The Morgan fingerprint density at radius 2 is 0.727 bits per heavy atom. The fraction of sp³-hybridized carbons (Fsp3) is 0.169. The highest BCUT2D eigenvalue weighted by Crippen LogP contribution is 2.57. The number of nitrogens with zero attached hydrogens (tertiary/aromatic N) is 1. The Balaban J connectivity index is 1.03. The highest BCUT2D eigenvalue weighted by atomic mass is 15.1. The molecule has 0 spiro atoms. The lowest BCUT2D eigenvalue weighted by Gasteiger charge is -2.42. The van der Waals surface area contributed by atoms with E-state index in [9.17, 15) is 0 Å². The van der Waals surface area contributed by atoms with E-state index in [0.29, 0.717) is 0 Å². The summed E-state index contributed by atoms with van der Waals surface area (Å²) in [5, 5.41) is 0. The third kappa shape index (κ3) is 7.10. The van der Waals surface area contributed by atoms with Crippen LogP contribution in [0.3, 0.4) is 0 Å². The first-order chi connectivity index (χ1) is 32.0. The fourth-order valence-corrected chi connectivity index (χ4v) is 11.1. The first-order valence-electron chi connectivity index (χ1n) is 23.7. The van der Waals surface area contributed by atoms with Gasteiger partial charge in [-0.3, -0.25) is 0 Å². The quantitative estimate of drug-likeness (QED) is 0.147. The molecule has 0 bridgehead atoms. The van der Waals surface area contributed by atoms with Gasteiger partial charge in [0.15, 0.2) is 0 Å². The minimum absolute atomic E-state index is 0.105. The van der Waals surface area contributed by atoms with Crippen molar-refractivity contribution in [3.05, 3.63) is 235 Å². The summed E-state index contributed by atoms with van der Waals surface area (Å²) in [5.41, 5.74) is 24.4. The van der Waals surface area contributed by atoms with Crippen LogP contribution in [0.2, 0.25) is 0 Å². The summed E-state index contributed by atoms with van der Waals surface area (Å²) in [7, 11) is 0. The molecular formula is C65H57N. The molecule has 0 aromatic heterocycles. The SMILES string of the molecule is CC1(C)CCC(C)(C)c2cc3c(cc21)-c1c(-c2ccccc2-c2ccc(N(c4ccc(-c5ccccc5)cc4)c4ccc(-c5ccccc5)c(-c5ccccc5)c4)cc2)cccc1C3(C)C. The fourth-order valence-electron chi connectivity index (χ4n) is 11.1. The molecule has 9 aromatic carbocycles. The minimum atomic E-state index is -0.105. The number of fused-ring (bicyclic) bond motifs is 4. The van der Waals surface area contributed by atoms with Gasteiger partial charge in [0.2, 0.25) is 0 Å². The molecule has 1 heteroatoms. The Morgan fingerprint density at radius 3 is 1.33 bits per heavy atom. The first-order valence-corrected chi connectivity index (χ1v) is 23.7. The topological polar surface area (TPSA) is 3.24 Å². The summed E-state index contributed by atoms with van der Waals surface area (Å²) in [6.07, 6.45) is 2.41. The zero-order chi connectivity index (χ0) is 45.2. The summed E-state index contributed by atoms with van der Waals surface area (Å²) in [6, 6.07) is 78.6. The van der Waals surface area contributed by atoms with Crippen molar-refractivity contribution in [1.82, 2.24) is 0 Å². The minimum Gasteiger partial charge on any atom is -0.310 e. The molecule has 0 amide bonds. The highest BCUT2D eigenvalue weighted by molar-refractivity contribution is 5.98. The van der Waals surface area contributed by atoms with Crippen LogP contribution in [0.15, 0.2) is 212 Å². The van der Waals surface area contributed by atoms with Crippen molar-refractivity contribution >= 4 is 17.1 Å². The number of anilines is 3. The molecule has 66 heavy (non-hydrogen) atoms. The number of rotatable bonds is 8. The van der Waals surface area contributed by atoms with Crippen molar-refractivity contribution in [2.75, 3.05) is 4.90 Å². The van der Waals surface area contributed by atoms with E-state index < -0.39 is 0 Å². The lowest BCUT2D eigenvalue weighted by molar-refractivity contribution is 0.331. The Labute approximate surface area is 392 Å². The summed E-state index contributed by atoms with van der Waals surface area (Å²) in [4.78, 5) is 2.40. The van der Waals surface area contributed by atoms with Gasteiger partial charge in [-0.2, -0.15) is 0 Å². The monoisotopic (exact) mass is 851 g/mol. The van der Waals surface area contributed by atoms with Crippen LogP contribution in [0.25, 0.3) is 66.8 Å². The molecular weight excluding hydrogens is 795 g/mol. The van der Waals surface area contributed by atoms with E-state index in [4.69, 9.17) is 0 Å². The van der Waals surface area contributed by atoms with Crippen molar-refractivity contribution in [2.24, 2.45) is 0 Å². The van der Waals surface area contributed by atoms with Gasteiger partial charge >= 0.3 is 0 Å². The van der Waals surface area contributed by atoms with Crippen LogP contribution in [-0.2, 0) is 16.2 Å². The molecule has 0 atom stereocenters. The third-order valence-corrected chi connectivity index (χ3v) is 15.0. The normalized spacial score (nSPS) is 15.1. The maximum absolute atomic E-state index is 2.60. The maximum atomic E-state index is 2.60. The van der Waals surface area contributed by atoms with E-state index in [0.717, 1.165) is 17.1 Å². The average Bonchev–Trinajstić information content (AvgIpc) is 3.59. The van der Waals surface area contributed by atoms with E-state index in [2.05, 4.69) is 259 Å². The standard InChI is InChI=1S/C65H57N/c1-63(2)39-40-64(3,4)61-43-59-57(42-60(61)63)62-55(27-18-28-58(62)65(59,5)6)54-26-17-16-25-52(54)48-31-35-50(36-32-48)66(49-33-29-45(30-34-49)44-19-10-7-11-20-44)51-37-38-53(46-21-12-8-13-22-46)56(41-51)47-23-14-9-15-24-47/h7-38,41-43H,39-40H2,1-6H3. The molecule has 0 heterocycles.